The van der Waals surface area contributed by atoms with Gasteiger partial charge in [0.1, 0.15) is 48.3 Å². The number of H-pyrrole nitrogens is 1. The van der Waals surface area contributed by atoms with E-state index in [1.807, 2.05) is 33.8 Å². The Morgan fingerprint density at radius 1 is 0.512 bits per heavy atom. The van der Waals surface area contributed by atoms with Crippen LogP contribution in [0.3, 0.4) is 0 Å². The second-order valence-corrected chi connectivity index (χ2v) is 22.2. The van der Waals surface area contributed by atoms with E-state index in [2.05, 4.69) is 47.5 Å². The Labute approximate surface area is 468 Å². The molecule has 14 N–H and O–H groups in total. The zero-order valence-corrected chi connectivity index (χ0v) is 47.7. The number of benzene rings is 2. The first-order valence-electron chi connectivity index (χ1n) is 27.5. The van der Waals surface area contributed by atoms with Crippen molar-refractivity contribution in [3.8, 4) is 0 Å². The highest BCUT2D eigenvalue weighted by atomic mass is 16.4. The van der Waals surface area contributed by atoms with Crippen LogP contribution in [0.25, 0.3) is 10.9 Å². The van der Waals surface area contributed by atoms with Crippen LogP contribution in [0, 0.1) is 29.6 Å². The van der Waals surface area contributed by atoms with Crippen LogP contribution < -0.4 is 48.3 Å². The molecule has 0 unspecified atom stereocenters. The highest BCUT2D eigenvalue weighted by Crippen LogP contribution is 2.21. The number of aliphatic hydroxyl groups excluding tert-OH is 1. The maximum absolute atomic E-state index is 14.7. The predicted octanol–water partition coefficient (Wildman–Crippen LogP) is 1.94. The lowest BCUT2D eigenvalue weighted by Gasteiger charge is -2.30. The van der Waals surface area contributed by atoms with Crippen LogP contribution in [0.15, 0.2) is 60.8 Å². The van der Waals surface area contributed by atoms with E-state index in [0.29, 0.717) is 16.5 Å². The quantitative estimate of drug-likeness (QED) is 0.0407. The van der Waals surface area contributed by atoms with Gasteiger partial charge in [0.15, 0.2) is 0 Å². The second-order valence-electron chi connectivity index (χ2n) is 22.2. The van der Waals surface area contributed by atoms with E-state index < -0.39 is 139 Å². The number of carboxylic acid groups (broad SMARTS) is 2. The molecular weight excluding hydrogens is 1030 g/mol. The summed E-state index contributed by atoms with van der Waals surface area (Å²) in [5.74, 6) is -10.5. The van der Waals surface area contributed by atoms with Crippen LogP contribution in [-0.2, 0) is 60.8 Å². The molecule has 0 saturated carbocycles. The van der Waals surface area contributed by atoms with Gasteiger partial charge in [-0.25, -0.2) is 4.79 Å². The van der Waals surface area contributed by atoms with Gasteiger partial charge in [0.05, 0.1) is 12.6 Å². The summed E-state index contributed by atoms with van der Waals surface area (Å²) in [6.45, 7) is 16.9. The Bertz CT molecular complexity index is 2570. The van der Waals surface area contributed by atoms with E-state index in [9.17, 15) is 63.3 Å². The summed E-state index contributed by atoms with van der Waals surface area (Å²) in [6, 6.07) is 3.60. The molecule has 0 aliphatic rings. The van der Waals surface area contributed by atoms with E-state index in [-0.39, 0.29) is 62.2 Å². The number of carbonyl (C=O) groups excluding carboxylic acids is 8. The van der Waals surface area contributed by atoms with E-state index in [0.717, 1.165) is 5.52 Å². The number of aliphatic hydroxyl groups is 1. The molecule has 10 atom stereocenters. The first-order chi connectivity index (χ1) is 37.6. The fourth-order valence-corrected chi connectivity index (χ4v) is 8.77. The molecule has 0 radical (unpaired) electrons. The standard InChI is InChI=1S/C57H86N10O13/c1-11-34(10)48(56(78)64-42(26-35-17-13-12-14-18-35)52(74)66-45(29-68)54(76)65-44(57(79)80)25-32(6)7)67-49(71)39(21-22-46(69)70)60-53(75)43(27-36-28-59-38-20-16-15-19-37(36)38)62-50(72)40(23-30(2)3)61-51(73)41(24-31(4)5)63-55(77)47(58)33(8)9/h12-20,28,30-34,39-45,47-48,59,68H,11,21-27,29,58H2,1-10H3,(H,60,75)(H,61,73)(H,62,72)(H,63,77)(H,64,78)(H,65,76)(H,66,74)(H,67,71)(H,69,70)(H,79,80)/t34-,39-,40-,41-,42-,43-,44-,45-,47-,48-/m0/s1. The molecule has 3 rings (SSSR count). The van der Waals surface area contributed by atoms with Crippen molar-refractivity contribution < 1.29 is 63.3 Å². The summed E-state index contributed by atoms with van der Waals surface area (Å²) in [6.07, 6.45) is 0.921. The van der Waals surface area contributed by atoms with E-state index in [1.165, 1.54) is 0 Å². The van der Waals surface area contributed by atoms with Crippen molar-refractivity contribution in [2.75, 3.05) is 6.61 Å². The summed E-state index contributed by atoms with van der Waals surface area (Å²) < 4.78 is 0. The molecule has 0 spiro atoms. The van der Waals surface area contributed by atoms with Gasteiger partial charge in [-0.1, -0.05) is 124 Å². The predicted molar refractivity (Wildman–Crippen MR) is 300 cm³/mol. The minimum atomic E-state index is -1.63. The smallest absolute Gasteiger partial charge is 0.326 e. The van der Waals surface area contributed by atoms with Crippen LogP contribution in [0.2, 0.25) is 0 Å². The van der Waals surface area contributed by atoms with E-state index in [1.54, 1.807) is 96.3 Å². The van der Waals surface area contributed by atoms with Crippen molar-refractivity contribution in [3.05, 3.63) is 71.9 Å². The maximum atomic E-state index is 14.7. The molecule has 80 heavy (non-hydrogen) atoms. The Balaban J connectivity index is 2.01. The molecule has 0 aliphatic heterocycles. The zero-order chi connectivity index (χ0) is 60.0. The largest absolute Gasteiger partial charge is 0.481 e. The fraction of sp³-hybridized carbons (Fsp3) is 0.579. The highest BCUT2D eigenvalue weighted by molar-refractivity contribution is 5.99. The normalized spacial score (nSPS) is 15.2. The number of aliphatic carboxylic acids is 2. The molecule has 442 valence electrons. The number of aromatic amines is 1. The summed E-state index contributed by atoms with van der Waals surface area (Å²) in [5.41, 5.74) is 7.98. The minimum Gasteiger partial charge on any atom is -0.481 e. The molecule has 0 saturated heterocycles. The number of aromatic nitrogens is 1. The average molecular weight is 1120 g/mol. The molecule has 3 aromatic rings. The number of rotatable bonds is 34. The number of fused-ring (bicyclic) bond motifs is 1. The number of amides is 8. The van der Waals surface area contributed by atoms with Crippen LogP contribution in [-0.4, -0.2) is 140 Å². The van der Waals surface area contributed by atoms with Crippen molar-refractivity contribution in [2.45, 2.75) is 175 Å². The molecular formula is C57H86N10O13. The zero-order valence-electron chi connectivity index (χ0n) is 47.7. The first kappa shape index (κ1) is 66.9. The maximum Gasteiger partial charge on any atom is 0.326 e. The Kier molecular flexibility index (Phi) is 27.3. The van der Waals surface area contributed by atoms with Crippen LogP contribution >= 0.6 is 0 Å². The summed E-state index contributed by atoms with van der Waals surface area (Å²) >= 11 is 0. The minimum absolute atomic E-state index is 0.0594. The van der Waals surface area contributed by atoms with Crippen LogP contribution in [0.5, 0.6) is 0 Å². The van der Waals surface area contributed by atoms with Crippen molar-refractivity contribution in [1.82, 2.24) is 47.5 Å². The summed E-state index contributed by atoms with van der Waals surface area (Å²) in [5, 5.41) is 51.4. The third-order valence-corrected chi connectivity index (χ3v) is 13.6. The van der Waals surface area contributed by atoms with Gasteiger partial charge in [0.25, 0.3) is 0 Å². The molecule has 1 heterocycles. The van der Waals surface area contributed by atoms with Gasteiger partial charge in [-0.05, 0) is 72.5 Å². The third-order valence-electron chi connectivity index (χ3n) is 13.6. The van der Waals surface area contributed by atoms with E-state index >= 15 is 0 Å². The average Bonchev–Trinajstić information content (AvgIpc) is 3.80. The van der Waals surface area contributed by atoms with Crippen molar-refractivity contribution >= 4 is 70.1 Å². The highest BCUT2D eigenvalue weighted by Gasteiger charge is 2.37. The van der Waals surface area contributed by atoms with Gasteiger partial charge in [-0.2, -0.15) is 0 Å². The third kappa shape index (κ3) is 21.7. The molecule has 23 nitrogen and oxygen atoms in total. The van der Waals surface area contributed by atoms with Crippen molar-refractivity contribution in [3.63, 3.8) is 0 Å². The monoisotopic (exact) mass is 1120 g/mol. The number of carbonyl (C=O) groups is 10. The van der Waals surface area contributed by atoms with Crippen molar-refractivity contribution in [2.24, 2.45) is 35.3 Å². The Morgan fingerprint density at radius 3 is 1.48 bits per heavy atom. The number of hydrogen-bond donors (Lipinski definition) is 13. The lowest BCUT2D eigenvalue weighted by Crippen LogP contribution is -2.62. The molecule has 0 fully saturated rings. The van der Waals surface area contributed by atoms with Gasteiger partial charge in [0, 0.05) is 36.4 Å². The number of carboxylic acids is 2. The number of para-hydroxylation sites is 1. The topological polar surface area (TPSA) is 369 Å². The number of nitrogens with two attached hydrogens (primary N) is 1. The number of nitrogens with one attached hydrogen (secondary N) is 9. The molecule has 0 aliphatic carbocycles. The number of hydrogen-bond acceptors (Lipinski definition) is 12. The van der Waals surface area contributed by atoms with Gasteiger partial charge >= 0.3 is 11.9 Å². The van der Waals surface area contributed by atoms with Gasteiger partial charge in [0.2, 0.25) is 47.3 Å². The second kappa shape index (κ2) is 32.6. The SMILES string of the molecule is CC[C@H](C)[C@H](NC(=O)[C@H](CCC(=O)O)NC(=O)[C@H](Cc1c[nH]c2ccccc12)NC(=O)[C@H](CC(C)C)NC(=O)[C@H](CC(C)C)NC(=O)[C@@H](N)C(C)C)C(=O)N[C@@H](Cc1ccccc1)C(=O)N[C@@H](CO)C(=O)N[C@@H](CC(C)C)C(=O)O. The fourth-order valence-electron chi connectivity index (χ4n) is 8.77. The summed E-state index contributed by atoms with van der Waals surface area (Å²) in [7, 11) is 0. The van der Waals surface area contributed by atoms with Gasteiger partial charge < -0.3 is 68.6 Å². The van der Waals surface area contributed by atoms with Crippen LogP contribution in [0.1, 0.15) is 119 Å². The Morgan fingerprint density at radius 2 is 0.950 bits per heavy atom. The van der Waals surface area contributed by atoms with Gasteiger partial charge in [-0.15, -0.1) is 0 Å². The molecule has 2 aromatic carbocycles. The Hall–Kier alpha value is -7.40. The molecule has 1 aromatic heterocycles. The van der Waals surface area contributed by atoms with Crippen molar-refractivity contribution in [1.29, 1.82) is 0 Å². The molecule has 0 bridgehead atoms. The van der Waals surface area contributed by atoms with Gasteiger partial charge in [-0.3, -0.25) is 43.2 Å². The molecule has 8 amide bonds. The lowest BCUT2D eigenvalue weighted by atomic mass is 9.96. The van der Waals surface area contributed by atoms with Crippen LogP contribution in [0.4, 0.5) is 0 Å². The molecule has 23 heteroatoms. The lowest BCUT2D eigenvalue weighted by molar-refractivity contribution is -0.143. The van der Waals surface area contributed by atoms with E-state index in [4.69, 9.17) is 5.73 Å². The summed E-state index contributed by atoms with van der Waals surface area (Å²) in [4.78, 5) is 140. The first-order valence-corrected chi connectivity index (χ1v) is 27.5.